The van der Waals surface area contributed by atoms with Gasteiger partial charge >= 0.3 is 0 Å². The first-order valence-electron chi connectivity index (χ1n) is 8.29. The molecule has 3 unspecified atom stereocenters. The van der Waals surface area contributed by atoms with Gasteiger partial charge < -0.3 is 10.5 Å². The first-order valence-corrected chi connectivity index (χ1v) is 8.29. The van der Waals surface area contributed by atoms with Gasteiger partial charge in [0, 0.05) is 17.8 Å². The minimum absolute atomic E-state index is 0.250. The normalized spacial score (nSPS) is 22.0. The Balaban J connectivity index is 1.64. The van der Waals surface area contributed by atoms with Gasteiger partial charge in [0.2, 0.25) is 0 Å². The lowest BCUT2D eigenvalue weighted by Gasteiger charge is -2.14. The summed E-state index contributed by atoms with van der Waals surface area (Å²) in [5, 5.41) is 0. The molecule has 2 aromatic carbocycles. The van der Waals surface area contributed by atoms with E-state index in [1.807, 2.05) is 18.2 Å². The van der Waals surface area contributed by atoms with Gasteiger partial charge in [0.25, 0.3) is 0 Å². The van der Waals surface area contributed by atoms with E-state index in [4.69, 9.17) is 10.5 Å². The first kappa shape index (κ1) is 15.8. The predicted molar refractivity (Wildman–Crippen MR) is 94.0 cm³/mol. The maximum absolute atomic E-state index is 5.88. The summed E-state index contributed by atoms with van der Waals surface area (Å²) in [4.78, 5) is 0. The number of ether oxygens (including phenoxy) is 1. The fourth-order valence-electron chi connectivity index (χ4n) is 2.86. The Kier molecular flexibility index (Phi) is 4.84. The molecule has 1 heterocycles. The van der Waals surface area contributed by atoms with Crippen LogP contribution in [0, 0.1) is 0 Å². The molecular weight excluding hydrogens is 286 g/mol. The number of rotatable bonds is 5. The van der Waals surface area contributed by atoms with Crippen molar-refractivity contribution in [2.24, 2.45) is 0 Å². The Bertz CT molecular complexity index is 641. The summed E-state index contributed by atoms with van der Waals surface area (Å²) in [5.74, 6) is 0.932. The molecule has 3 atom stereocenters. The zero-order valence-corrected chi connectivity index (χ0v) is 13.8. The van der Waals surface area contributed by atoms with Crippen molar-refractivity contribution in [2.75, 3.05) is 5.73 Å². The summed E-state index contributed by atoms with van der Waals surface area (Å²) in [7, 11) is 0. The zero-order chi connectivity index (χ0) is 16.2. The monoisotopic (exact) mass is 311 g/mol. The molecule has 0 saturated carbocycles. The highest BCUT2D eigenvalue weighted by molar-refractivity contribution is 5.42. The van der Waals surface area contributed by atoms with Crippen LogP contribution < -0.4 is 21.3 Å². The van der Waals surface area contributed by atoms with E-state index in [-0.39, 0.29) is 12.1 Å². The molecule has 1 aliphatic heterocycles. The topological polar surface area (TPSA) is 59.3 Å². The van der Waals surface area contributed by atoms with Crippen molar-refractivity contribution < 1.29 is 4.74 Å². The van der Waals surface area contributed by atoms with E-state index in [0.29, 0.717) is 6.04 Å². The van der Waals surface area contributed by atoms with Crippen LogP contribution in [0.25, 0.3) is 0 Å². The standard InChI is InChI=1S/C19H25N3O/c1-3-13(2)23-17-9-7-14(8-10-17)18-12-19(22-21-18)15-5-4-6-16(20)11-15/h4-11,13,18-19,21-22H,3,12,20H2,1-2H3. The molecule has 4 heteroatoms. The highest BCUT2D eigenvalue weighted by Gasteiger charge is 2.26. The first-order chi connectivity index (χ1) is 11.2. The van der Waals surface area contributed by atoms with Crippen molar-refractivity contribution in [3.8, 4) is 5.75 Å². The summed E-state index contributed by atoms with van der Waals surface area (Å²) in [6.45, 7) is 4.22. The minimum atomic E-state index is 0.250. The van der Waals surface area contributed by atoms with Gasteiger partial charge in [-0.25, -0.2) is 10.9 Å². The van der Waals surface area contributed by atoms with E-state index in [2.05, 4.69) is 55.0 Å². The number of hydrazine groups is 1. The third-order valence-electron chi connectivity index (χ3n) is 4.41. The molecule has 0 amide bonds. The van der Waals surface area contributed by atoms with Gasteiger partial charge in [-0.3, -0.25) is 0 Å². The van der Waals surface area contributed by atoms with Crippen LogP contribution in [0.4, 0.5) is 5.69 Å². The number of hydrogen-bond donors (Lipinski definition) is 3. The molecule has 2 aromatic rings. The van der Waals surface area contributed by atoms with Crippen molar-refractivity contribution in [1.29, 1.82) is 0 Å². The average molecular weight is 311 g/mol. The van der Waals surface area contributed by atoms with E-state index in [1.54, 1.807) is 0 Å². The lowest BCUT2D eigenvalue weighted by Crippen LogP contribution is -2.26. The molecule has 0 spiro atoms. The third kappa shape index (κ3) is 3.84. The predicted octanol–water partition coefficient (Wildman–Crippen LogP) is 3.73. The van der Waals surface area contributed by atoms with Crippen LogP contribution in [0.1, 0.15) is 49.9 Å². The van der Waals surface area contributed by atoms with E-state index in [1.165, 1.54) is 11.1 Å². The second-order valence-corrected chi connectivity index (χ2v) is 6.21. The summed E-state index contributed by atoms with van der Waals surface area (Å²) >= 11 is 0. The van der Waals surface area contributed by atoms with Crippen LogP contribution in [0.15, 0.2) is 48.5 Å². The molecular formula is C19H25N3O. The molecule has 0 radical (unpaired) electrons. The van der Waals surface area contributed by atoms with Crippen molar-refractivity contribution in [3.05, 3.63) is 59.7 Å². The SMILES string of the molecule is CCC(C)Oc1ccc(C2CC(c3cccc(N)c3)NN2)cc1. The molecule has 23 heavy (non-hydrogen) atoms. The molecule has 0 aromatic heterocycles. The van der Waals surface area contributed by atoms with Crippen LogP contribution in [0.5, 0.6) is 5.75 Å². The molecule has 3 rings (SSSR count). The van der Waals surface area contributed by atoms with Crippen LogP contribution in [0.3, 0.4) is 0 Å². The Hall–Kier alpha value is -2.04. The van der Waals surface area contributed by atoms with E-state index < -0.39 is 0 Å². The molecule has 122 valence electrons. The van der Waals surface area contributed by atoms with Crippen molar-refractivity contribution in [3.63, 3.8) is 0 Å². The van der Waals surface area contributed by atoms with Gasteiger partial charge in [-0.15, -0.1) is 0 Å². The summed E-state index contributed by atoms with van der Waals surface area (Å²) < 4.78 is 5.83. The van der Waals surface area contributed by atoms with Gasteiger partial charge in [-0.2, -0.15) is 0 Å². The van der Waals surface area contributed by atoms with Crippen molar-refractivity contribution >= 4 is 5.69 Å². The second-order valence-electron chi connectivity index (χ2n) is 6.21. The van der Waals surface area contributed by atoms with E-state index in [9.17, 15) is 0 Å². The van der Waals surface area contributed by atoms with Gasteiger partial charge in [0.15, 0.2) is 0 Å². The minimum Gasteiger partial charge on any atom is -0.491 e. The van der Waals surface area contributed by atoms with Gasteiger partial charge in [-0.05, 0) is 55.2 Å². The van der Waals surface area contributed by atoms with Crippen LogP contribution in [-0.4, -0.2) is 6.10 Å². The Morgan fingerprint density at radius 2 is 1.78 bits per heavy atom. The Morgan fingerprint density at radius 1 is 1.09 bits per heavy atom. The Morgan fingerprint density at radius 3 is 2.43 bits per heavy atom. The average Bonchev–Trinajstić information content (AvgIpc) is 3.05. The van der Waals surface area contributed by atoms with Crippen LogP contribution in [-0.2, 0) is 0 Å². The fraction of sp³-hybridized carbons (Fsp3) is 0.368. The van der Waals surface area contributed by atoms with Gasteiger partial charge in [0.1, 0.15) is 5.75 Å². The number of hydrogen-bond acceptors (Lipinski definition) is 4. The molecule has 1 saturated heterocycles. The molecule has 0 bridgehead atoms. The second kappa shape index (κ2) is 7.02. The number of benzene rings is 2. The Labute approximate surface area is 138 Å². The maximum Gasteiger partial charge on any atom is 0.119 e. The van der Waals surface area contributed by atoms with Gasteiger partial charge in [0.05, 0.1) is 6.10 Å². The van der Waals surface area contributed by atoms with Crippen molar-refractivity contribution in [2.45, 2.75) is 44.9 Å². The smallest absolute Gasteiger partial charge is 0.119 e. The lowest BCUT2D eigenvalue weighted by molar-refractivity contribution is 0.217. The molecule has 1 fully saturated rings. The summed E-state index contributed by atoms with van der Waals surface area (Å²) in [6, 6.07) is 17.0. The lowest BCUT2D eigenvalue weighted by atomic mass is 9.97. The van der Waals surface area contributed by atoms with E-state index >= 15 is 0 Å². The number of nitrogens with one attached hydrogen (secondary N) is 2. The van der Waals surface area contributed by atoms with Gasteiger partial charge in [-0.1, -0.05) is 31.2 Å². The molecule has 4 N–H and O–H groups in total. The van der Waals surface area contributed by atoms with Crippen LogP contribution in [0.2, 0.25) is 0 Å². The summed E-state index contributed by atoms with van der Waals surface area (Å²) in [6.07, 6.45) is 2.26. The van der Waals surface area contributed by atoms with Crippen molar-refractivity contribution in [1.82, 2.24) is 10.9 Å². The number of nitrogens with two attached hydrogens (primary N) is 1. The maximum atomic E-state index is 5.88. The summed E-state index contributed by atoms with van der Waals surface area (Å²) in [5.41, 5.74) is 15.9. The molecule has 1 aliphatic rings. The number of anilines is 1. The molecule has 4 nitrogen and oxygen atoms in total. The quantitative estimate of drug-likeness (QED) is 0.737. The largest absolute Gasteiger partial charge is 0.491 e. The highest BCUT2D eigenvalue weighted by atomic mass is 16.5. The third-order valence-corrected chi connectivity index (χ3v) is 4.41. The fourth-order valence-corrected chi connectivity index (χ4v) is 2.86. The number of nitrogen functional groups attached to an aromatic ring is 1. The zero-order valence-electron chi connectivity index (χ0n) is 13.8. The molecule has 0 aliphatic carbocycles. The highest BCUT2D eigenvalue weighted by Crippen LogP contribution is 2.32. The van der Waals surface area contributed by atoms with E-state index in [0.717, 1.165) is 24.3 Å². The van der Waals surface area contributed by atoms with Crippen LogP contribution >= 0.6 is 0 Å².